The minimum absolute atomic E-state index is 0.819. The van der Waals surface area contributed by atoms with Crippen LogP contribution < -0.4 is 0 Å². The molecule has 2 heterocycles. The van der Waals surface area contributed by atoms with E-state index < -0.39 is 5.60 Å². The Morgan fingerprint density at radius 3 is 2.75 bits per heavy atom. The predicted molar refractivity (Wildman–Crippen MR) is 65.6 cm³/mol. The van der Waals surface area contributed by atoms with Crippen LogP contribution in [0.15, 0.2) is 24.5 Å². The second-order valence-corrected chi connectivity index (χ2v) is 5.36. The van der Waals surface area contributed by atoms with Crippen LogP contribution in [0.3, 0.4) is 0 Å². The minimum Gasteiger partial charge on any atom is -0.380 e. The first-order valence-electron chi connectivity index (χ1n) is 5.36. The molecule has 1 N–H and O–H groups in total. The number of hydrogen-bond donors (Lipinski definition) is 1. The molecule has 1 atom stereocenters. The quantitative estimate of drug-likeness (QED) is 0.889. The molecule has 0 radical (unpaired) electrons. The summed E-state index contributed by atoms with van der Waals surface area (Å²) >= 11 is 1.62. The van der Waals surface area contributed by atoms with E-state index in [0.29, 0.717) is 0 Å². The van der Waals surface area contributed by atoms with Crippen molar-refractivity contribution in [1.82, 2.24) is 9.78 Å². The van der Waals surface area contributed by atoms with Crippen LogP contribution in [0.4, 0.5) is 0 Å². The normalized spacial score (nSPS) is 15.0. The van der Waals surface area contributed by atoms with Crippen molar-refractivity contribution < 1.29 is 5.11 Å². The van der Waals surface area contributed by atoms with E-state index in [-0.39, 0.29) is 0 Å². The highest BCUT2D eigenvalue weighted by Crippen LogP contribution is 2.33. The van der Waals surface area contributed by atoms with Crippen LogP contribution in [-0.2, 0) is 12.1 Å². The van der Waals surface area contributed by atoms with Gasteiger partial charge in [-0.25, -0.2) is 0 Å². The lowest BCUT2D eigenvalue weighted by Crippen LogP contribution is -2.20. The average Bonchev–Trinajstić information content (AvgIpc) is 2.85. The molecule has 16 heavy (non-hydrogen) atoms. The molecule has 0 amide bonds. The van der Waals surface area contributed by atoms with Crippen LogP contribution in [0, 0.1) is 6.92 Å². The summed E-state index contributed by atoms with van der Waals surface area (Å²) in [4.78, 5) is 2.17. The van der Waals surface area contributed by atoms with Crippen LogP contribution in [0.2, 0.25) is 0 Å². The van der Waals surface area contributed by atoms with Gasteiger partial charge in [0.15, 0.2) is 0 Å². The molecular formula is C12H16N2OS. The zero-order valence-corrected chi connectivity index (χ0v) is 10.6. The van der Waals surface area contributed by atoms with Gasteiger partial charge in [-0.1, -0.05) is 0 Å². The summed E-state index contributed by atoms with van der Waals surface area (Å²) in [5.74, 6) is 0. The summed E-state index contributed by atoms with van der Waals surface area (Å²) in [6.45, 7) is 6.70. The molecular weight excluding hydrogens is 220 g/mol. The Kier molecular flexibility index (Phi) is 2.86. The van der Waals surface area contributed by atoms with E-state index in [2.05, 4.69) is 5.10 Å². The van der Waals surface area contributed by atoms with Gasteiger partial charge in [0.1, 0.15) is 5.60 Å². The van der Waals surface area contributed by atoms with Crippen LogP contribution in [0.5, 0.6) is 0 Å². The summed E-state index contributed by atoms with van der Waals surface area (Å²) in [7, 11) is 0. The standard InChI is InChI=1S/C12H16N2OS/c1-4-14-8-10(7-13-14)12(3,15)11-6-5-9(2)16-11/h5-8,15H,4H2,1-3H3. The van der Waals surface area contributed by atoms with Crippen LogP contribution >= 0.6 is 11.3 Å². The Morgan fingerprint density at radius 1 is 1.50 bits per heavy atom. The maximum Gasteiger partial charge on any atom is 0.124 e. The third kappa shape index (κ3) is 1.90. The number of aromatic nitrogens is 2. The number of hydrogen-bond acceptors (Lipinski definition) is 3. The molecule has 0 aromatic carbocycles. The van der Waals surface area contributed by atoms with Crippen molar-refractivity contribution in [2.45, 2.75) is 32.9 Å². The first-order valence-corrected chi connectivity index (χ1v) is 6.18. The number of rotatable bonds is 3. The number of aliphatic hydroxyl groups is 1. The van der Waals surface area contributed by atoms with E-state index >= 15 is 0 Å². The molecule has 2 aromatic rings. The van der Waals surface area contributed by atoms with E-state index in [0.717, 1.165) is 17.0 Å². The maximum absolute atomic E-state index is 10.5. The van der Waals surface area contributed by atoms with Crippen LogP contribution in [-0.4, -0.2) is 14.9 Å². The average molecular weight is 236 g/mol. The molecule has 0 bridgehead atoms. The van der Waals surface area contributed by atoms with Gasteiger partial charge in [0, 0.05) is 28.1 Å². The SMILES string of the molecule is CCn1cc(C(C)(O)c2ccc(C)s2)cn1. The first-order chi connectivity index (χ1) is 7.54. The molecule has 0 fully saturated rings. The lowest BCUT2D eigenvalue weighted by atomic mass is 9.98. The molecule has 0 aliphatic rings. The molecule has 0 aliphatic carbocycles. The van der Waals surface area contributed by atoms with Gasteiger partial charge in [-0.2, -0.15) is 5.10 Å². The number of thiophene rings is 1. The predicted octanol–water partition coefficient (Wildman–Crippen LogP) is 2.53. The van der Waals surface area contributed by atoms with Crippen molar-refractivity contribution in [3.05, 3.63) is 39.8 Å². The minimum atomic E-state index is -0.938. The van der Waals surface area contributed by atoms with Crippen molar-refractivity contribution in [2.75, 3.05) is 0 Å². The second kappa shape index (κ2) is 4.03. The lowest BCUT2D eigenvalue weighted by molar-refractivity contribution is 0.106. The van der Waals surface area contributed by atoms with E-state index in [9.17, 15) is 5.11 Å². The van der Waals surface area contributed by atoms with Gasteiger partial charge < -0.3 is 5.11 Å². The van der Waals surface area contributed by atoms with E-state index in [1.165, 1.54) is 4.88 Å². The Morgan fingerprint density at radius 2 is 2.25 bits per heavy atom. The van der Waals surface area contributed by atoms with E-state index in [1.807, 2.05) is 43.8 Å². The van der Waals surface area contributed by atoms with Gasteiger partial charge >= 0.3 is 0 Å². The Hall–Kier alpha value is -1.13. The Labute approximate surface area is 99.4 Å². The molecule has 3 nitrogen and oxygen atoms in total. The topological polar surface area (TPSA) is 38.0 Å². The molecule has 0 aliphatic heterocycles. The molecule has 2 rings (SSSR count). The second-order valence-electron chi connectivity index (χ2n) is 4.07. The van der Waals surface area contributed by atoms with Gasteiger partial charge in [0.05, 0.1) is 6.20 Å². The highest BCUT2D eigenvalue weighted by Gasteiger charge is 2.28. The zero-order valence-electron chi connectivity index (χ0n) is 9.77. The third-order valence-corrected chi connectivity index (χ3v) is 3.95. The highest BCUT2D eigenvalue weighted by atomic mass is 32.1. The summed E-state index contributed by atoms with van der Waals surface area (Å²) < 4.78 is 1.82. The maximum atomic E-state index is 10.5. The molecule has 0 saturated carbocycles. The fourth-order valence-electron chi connectivity index (χ4n) is 1.63. The number of aryl methyl sites for hydroxylation is 2. The van der Waals surface area contributed by atoms with Gasteiger partial charge in [-0.3, -0.25) is 4.68 Å². The van der Waals surface area contributed by atoms with Gasteiger partial charge in [0.2, 0.25) is 0 Å². The Bertz CT molecular complexity index is 485. The highest BCUT2D eigenvalue weighted by molar-refractivity contribution is 7.12. The first kappa shape index (κ1) is 11.4. The zero-order chi connectivity index (χ0) is 11.8. The molecule has 4 heteroatoms. The molecule has 86 valence electrons. The summed E-state index contributed by atoms with van der Waals surface area (Å²) in [6.07, 6.45) is 3.63. The van der Waals surface area contributed by atoms with Crippen molar-refractivity contribution in [2.24, 2.45) is 0 Å². The molecule has 2 aromatic heterocycles. The number of nitrogens with zero attached hydrogens (tertiary/aromatic N) is 2. The van der Waals surface area contributed by atoms with Crippen molar-refractivity contribution >= 4 is 11.3 Å². The molecule has 0 spiro atoms. The fraction of sp³-hybridized carbons (Fsp3) is 0.417. The monoisotopic (exact) mass is 236 g/mol. The van der Waals surface area contributed by atoms with Crippen LogP contribution in [0.1, 0.15) is 29.2 Å². The van der Waals surface area contributed by atoms with Gasteiger partial charge in [-0.15, -0.1) is 11.3 Å². The smallest absolute Gasteiger partial charge is 0.124 e. The van der Waals surface area contributed by atoms with Crippen molar-refractivity contribution in [1.29, 1.82) is 0 Å². The molecule has 1 unspecified atom stereocenters. The van der Waals surface area contributed by atoms with Crippen LogP contribution in [0.25, 0.3) is 0 Å². The summed E-state index contributed by atoms with van der Waals surface area (Å²) in [5.41, 5.74) is -0.0944. The lowest BCUT2D eigenvalue weighted by Gasteiger charge is -2.19. The van der Waals surface area contributed by atoms with E-state index in [1.54, 1.807) is 17.5 Å². The van der Waals surface area contributed by atoms with E-state index in [4.69, 9.17) is 0 Å². The van der Waals surface area contributed by atoms with Crippen molar-refractivity contribution in [3.8, 4) is 0 Å². The summed E-state index contributed by atoms with van der Waals surface area (Å²) in [6, 6.07) is 4.00. The van der Waals surface area contributed by atoms with Gasteiger partial charge in [0.25, 0.3) is 0 Å². The largest absolute Gasteiger partial charge is 0.380 e. The van der Waals surface area contributed by atoms with Gasteiger partial charge in [-0.05, 0) is 32.9 Å². The fourth-order valence-corrected chi connectivity index (χ4v) is 2.56. The molecule has 0 saturated heterocycles. The summed E-state index contributed by atoms with van der Waals surface area (Å²) in [5, 5.41) is 14.7. The van der Waals surface area contributed by atoms with Crippen molar-refractivity contribution in [3.63, 3.8) is 0 Å². The third-order valence-electron chi connectivity index (χ3n) is 2.74. The Balaban J connectivity index is 2.37.